The van der Waals surface area contributed by atoms with Crippen LogP contribution in [0.15, 0.2) is 58.8 Å². The third kappa shape index (κ3) is 3.52. The second-order valence-electron chi connectivity index (χ2n) is 4.45. The molecular formula is C16H18N2. The van der Waals surface area contributed by atoms with E-state index in [1.54, 1.807) is 0 Å². The van der Waals surface area contributed by atoms with Crippen molar-refractivity contribution >= 4 is 11.4 Å². The highest BCUT2D eigenvalue weighted by atomic mass is 15.1. The minimum Gasteiger partial charge on any atom is -0.151 e. The molecule has 92 valence electrons. The molecule has 0 aliphatic heterocycles. The first kappa shape index (κ1) is 12.5. The minimum atomic E-state index is 0.887. The van der Waals surface area contributed by atoms with Crippen molar-refractivity contribution in [1.82, 2.24) is 0 Å². The quantitative estimate of drug-likeness (QED) is 0.640. The molecule has 0 aliphatic carbocycles. The molecule has 0 N–H and O–H groups in total. The van der Waals surface area contributed by atoms with Crippen molar-refractivity contribution in [3.63, 3.8) is 0 Å². The zero-order chi connectivity index (χ0) is 12.8. The van der Waals surface area contributed by atoms with Crippen LogP contribution in [-0.4, -0.2) is 0 Å². The van der Waals surface area contributed by atoms with Crippen molar-refractivity contribution < 1.29 is 0 Å². The molecule has 0 fully saturated rings. The molecule has 2 aromatic rings. The number of rotatable bonds is 4. The van der Waals surface area contributed by atoms with E-state index in [9.17, 15) is 0 Å². The average molecular weight is 238 g/mol. The summed E-state index contributed by atoms with van der Waals surface area (Å²) in [5.74, 6) is 0. The first-order valence-electron chi connectivity index (χ1n) is 6.35. The van der Waals surface area contributed by atoms with Gasteiger partial charge in [0.05, 0.1) is 11.4 Å². The van der Waals surface area contributed by atoms with Gasteiger partial charge in [0, 0.05) is 0 Å². The van der Waals surface area contributed by atoms with E-state index in [4.69, 9.17) is 0 Å². The van der Waals surface area contributed by atoms with Crippen molar-refractivity contribution in [2.24, 2.45) is 10.2 Å². The van der Waals surface area contributed by atoms with Gasteiger partial charge in [0.2, 0.25) is 0 Å². The molecule has 0 aromatic heterocycles. The van der Waals surface area contributed by atoms with Gasteiger partial charge < -0.3 is 0 Å². The zero-order valence-corrected chi connectivity index (χ0v) is 10.9. The molecule has 0 amide bonds. The summed E-state index contributed by atoms with van der Waals surface area (Å²) in [6.07, 6.45) is 2.29. The third-order valence-electron chi connectivity index (χ3n) is 2.79. The van der Waals surface area contributed by atoms with Crippen LogP contribution in [0.3, 0.4) is 0 Å². The Kier molecular flexibility index (Phi) is 4.24. The maximum absolute atomic E-state index is 4.23. The average Bonchev–Trinajstić information content (AvgIpc) is 2.40. The summed E-state index contributed by atoms with van der Waals surface area (Å²) in [5.41, 5.74) is 4.37. The Labute approximate surface area is 108 Å². The Balaban J connectivity index is 2.06. The maximum atomic E-state index is 4.23. The monoisotopic (exact) mass is 238 g/mol. The van der Waals surface area contributed by atoms with Crippen LogP contribution in [0.4, 0.5) is 11.4 Å². The molecule has 0 saturated heterocycles. The van der Waals surface area contributed by atoms with E-state index < -0.39 is 0 Å². The van der Waals surface area contributed by atoms with Gasteiger partial charge in [-0.2, -0.15) is 10.2 Å². The molecule has 0 heterocycles. The van der Waals surface area contributed by atoms with E-state index in [1.165, 1.54) is 17.5 Å². The zero-order valence-electron chi connectivity index (χ0n) is 10.9. The van der Waals surface area contributed by atoms with Gasteiger partial charge in [0.15, 0.2) is 0 Å². The predicted octanol–water partition coefficient (Wildman–Crippen LogP) is 5.36. The van der Waals surface area contributed by atoms with Crippen LogP contribution in [-0.2, 0) is 6.42 Å². The molecule has 2 nitrogen and oxygen atoms in total. The maximum Gasteiger partial charge on any atom is 0.0857 e. The minimum absolute atomic E-state index is 0.887. The third-order valence-corrected chi connectivity index (χ3v) is 2.79. The number of benzene rings is 2. The lowest BCUT2D eigenvalue weighted by Crippen LogP contribution is -1.80. The summed E-state index contributed by atoms with van der Waals surface area (Å²) >= 11 is 0. The summed E-state index contributed by atoms with van der Waals surface area (Å²) in [6, 6.07) is 16.3. The van der Waals surface area contributed by atoms with Crippen molar-refractivity contribution in [3.05, 3.63) is 59.7 Å². The Morgan fingerprint density at radius 2 is 1.28 bits per heavy atom. The Morgan fingerprint density at radius 1 is 0.778 bits per heavy atom. The Morgan fingerprint density at radius 3 is 1.78 bits per heavy atom. The summed E-state index contributed by atoms with van der Waals surface area (Å²) in [5, 5.41) is 8.45. The lowest BCUT2D eigenvalue weighted by Gasteiger charge is -1.98. The van der Waals surface area contributed by atoms with Crippen LogP contribution in [0.1, 0.15) is 24.5 Å². The van der Waals surface area contributed by atoms with Crippen molar-refractivity contribution in [3.8, 4) is 0 Å². The molecule has 2 heteroatoms. The molecule has 2 aromatic carbocycles. The fourth-order valence-corrected chi connectivity index (χ4v) is 1.74. The summed E-state index contributed by atoms with van der Waals surface area (Å²) in [7, 11) is 0. The van der Waals surface area contributed by atoms with Crippen LogP contribution in [0.2, 0.25) is 0 Å². The normalized spacial score (nSPS) is 11.0. The molecule has 18 heavy (non-hydrogen) atoms. The standard InChI is InChI=1S/C16H18N2/c1-3-4-14-7-11-16(12-8-14)18-17-15-9-5-13(2)6-10-15/h5-12H,3-4H2,1-2H3/b18-17+. The van der Waals surface area contributed by atoms with Crippen LogP contribution in [0.25, 0.3) is 0 Å². The van der Waals surface area contributed by atoms with Gasteiger partial charge in [-0.15, -0.1) is 0 Å². The highest BCUT2D eigenvalue weighted by Crippen LogP contribution is 2.19. The molecule has 0 bridgehead atoms. The van der Waals surface area contributed by atoms with Gasteiger partial charge in [-0.25, -0.2) is 0 Å². The topological polar surface area (TPSA) is 24.7 Å². The van der Waals surface area contributed by atoms with E-state index in [2.05, 4.69) is 36.2 Å². The number of hydrogen-bond acceptors (Lipinski definition) is 2. The van der Waals surface area contributed by atoms with Crippen LogP contribution < -0.4 is 0 Å². The first-order valence-corrected chi connectivity index (χ1v) is 6.35. The molecule has 2 rings (SSSR count). The van der Waals surface area contributed by atoms with Gasteiger partial charge in [-0.3, -0.25) is 0 Å². The van der Waals surface area contributed by atoms with Crippen LogP contribution in [0, 0.1) is 6.92 Å². The predicted molar refractivity (Wildman–Crippen MR) is 75.8 cm³/mol. The summed E-state index contributed by atoms with van der Waals surface area (Å²) in [6.45, 7) is 4.25. The molecule has 0 radical (unpaired) electrons. The number of nitrogens with zero attached hydrogens (tertiary/aromatic N) is 2. The second-order valence-corrected chi connectivity index (χ2v) is 4.45. The van der Waals surface area contributed by atoms with E-state index in [1.807, 2.05) is 36.4 Å². The Bertz CT molecular complexity index is 510. The largest absolute Gasteiger partial charge is 0.151 e. The molecule has 0 spiro atoms. The van der Waals surface area contributed by atoms with Crippen molar-refractivity contribution in [2.75, 3.05) is 0 Å². The highest BCUT2D eigenvalue weighted by Gasteiger charge is 1.93. The van der Waals surface area contributed by atoms with Crippen molar-refractivity contribution in [1.29, 1.82) is 0 Å². The molecule has 0 atom stereocenters. The molecule has 0 saturated carbocycles. The van der Waals surface area contributed by atoms with Gasteiger partial charge in [0.25, 0.3) is 0 Å². The highest BCUT2D eigenvalue weighted by molar-refractivity contribution is 5.41. The van der Waals surface area contributed by atoms with Crippen LogP contribution in [0.5, 0.6) is 0 Å². The number of hydrogen-bond donors (Lipinski definition) is 0. The van der Waals surface area contributed by atoms with Gasteiger partial charge in [0.1, 0.15) is 0 Å². The molecule has 0 aliphatic rings. The smallest absolute Gasteiger partial charge is 0.0857 e. The van der Waals surface area contributed by atoms with Crippen molar-refractivity contribution in [2.45, 2.75) is 26.7 Å². The van der Waals surface area contributed by atoms with Gasteiger partial charge in [-0.1, -0.05) is 43.2 Å². The Hall–Kier alpha value is -1.96. The van der Waals surface area contributed by atoms with E-state index in [0.29, 0.717) is 0 Å². The molecular weight excluding hydrogens is 220 g/mol. The number of azo groups is 1. The van der Waals surface area contributed by atoms with E-state index >= 15 is 0 Å². The second kappa shape index (κ2) is 6.10. The lowest BCUT2D eigenvalue weighted by atomic mass is 10.1. The van der Waals surface area contributed by atoms with Crippen LogP contribution >= 0.6 is 0 Å². The van der Waals surface area contributed by atoms with Gasteiger partial charge in [-0.05, 0) is 43.2 Å². The summed E-state index contributed by atoms with van der Waals surface area (Å²) < 4.78 is 0. The lowest BCUT2D eigenvalue weighted by molar-refractivity contribution is 0.922. The SMILES string of the molecule is CCCc1ccc(/N=N/c2ccc(C)cc2)cc1. The fraction of sp³-hybridized carbons (Fsp3) is 0.250. The van der Waals surface area contributed by atoms with Gasteiger partial charge >= 0.3 is 0 Å². The fourth-order valence-electron chi connectivity index (χ4n) is 1.74. The first-order chi connectivity index (χ1) is 8.78. The summed E-state index contributed by atoms with van der Waals surface area (Å²) in [4.78, 5) is 0. The molecule has 0 unspecified atom stereocenters. The van der Waals surface area contributed by atoms with E-state index in [0.717, 1.165) is 17.8 Å². The number of aryl methyl sites for hydroxylation is 2. The van der Waals surface area contributed by atoms with E-state index in [-0.39, 0.29) is 0 Å².